The molecule has 0 atom stereocenters. The number of urea groups is 1. The molecule has 5 nitrogen and oxygen atoms in total. The summed E-state index contributed by atoms with van der Waals surface area (Å²) in [7, 11) is 0. The molecular weight excluding hydrogens is 379 g/mol. The van der Waals surface area contributed by atoms with Gasteiger partial charge < -0.3 is 4.90 Å². The quantitative estimate of drug-likeness (QED) is 0.751. The number of nitriles is 1. The van der Waals surface area contributed by atoms with Gasteiger partial charge in [0, 0.05) is 6.54 Å². The average Bonchev–Trinajstić information content (AvgIpc) is 3.48. The normalized spacial score (nSPS) is 28.0. The lowest BCUT2D eigenvalue weighted by Gasteiger charge is -2.56. The SMILES string of the molecule is Cc1cc(C#N)ncc1N1C[C@]2(C[C@@](C)(c3cccc(F)c3)C2)N(CC2CC2)C1=O. The van der Waals surface area contributed by atoms with Gasteiger partial charge >= 0.3 is 6.03 Å². The number of pyridine rings is 1. The number of nitrogens with zero attached hydrogens (tertiary/aromatic N) is 4. The van der Waals surface area contributed by atoms with Crippen molar-refractivity contribution < 1.29 is 9.18 Å². The summed E-state index contributed by atoms with van der Waals surface area (Å²) in [5.41, 5.74) is 2.64. The first-order valence-electron chi connectivity index (χ1n) is 10.6. The molecule has 1 spiro atoms. The van der Waals surface area contributed by atoms with Crippen LogP contribution < -0.4 is 4.90 Å². The third kappa shape index (κ3) is 2.96. The molecule has 6 heteroatoms. The van der Waals surface area contributed by atoms with Gasteiger partial charge in [-0.15, -0.1) is 0 Å². The molecule has 0 radical (unpaired) electrons. The van der Waals surface area contributed by atoms with Crippen molar-refractivity contribution in [1.82, 2.24) is 9.88 Å². The zero-order valence-electron chi connectivity index (χ0n) is 17.4. The Kier molecular flexibility index (Phi) is 4.15. The predicted octanol–water partition coefficient (Wildman–Crippen LogP) is 4.54. The molecule has 154 valence electrons. The molecule has 0 unspecified atom stereocenters. The summed E-state index contributed by atoms with van der Waals surface area (Å²) in [6, 6.07) is 10.7. The van der Waals surface area contributed by atoms with Crippen molar-refractivity contribution in [3.05, 3.63) is 59.2 Å². The summed E-state index contributed by atoms with van der Waals surface area (Å²) < 4.78 is 13.8. The highest BCUT2D eigenvalue weighted by Crippen LogP contribution is 2.56. The molecule has 1 aromatic heterocycles. The number of hydrogen-bond acceptors (Lipinski definition) is 3. The van der Waals surface area contributed by atoms with Crippen LogP contribution in [0.5, 0.6) is 0 Å². The zero-order chi connectivity index (χ0) is 21.1. The van der Waals surface area contributed by atoms with Crippen LogP contribution in [0.3, 0.4) is 0 Å². The van der Waals surface area contributed by atoms with Gasteiger partial charge in [0.1, 0.15) is 17.6 Å². The number of benzene rings is 1. The number of halogens is 1. The molecule has 2 heterocycles. The van der Waals surface area contributed by atoms with Gasteiger partial charge in [-0.2, -0.15) is 5.26 Å². The third-order valence-corrected chi connectivity index (χ3v) is 7.07. The molecule has 2 saturated carbocycles. The minimum absolute atomic E-state index is 0.0257. The van der Waals surface area contributed by atoms with Crippen molar-refractivity contribution in [2.75, 3.05) is 18.0 Å². The van der Waals surface area contributed by atoms with Gasteiger partial charge in [-0.05, 0) is 73.3 Å². The highest BCUT2D eigenvalue weighted by molar-refractivity contribution is 5.96. The molecule has 3 fully saturated rings. The lowest BCUT2D eigenvalue weighted by atomic mass is 9.55. The van der Waals surface area contributed by atoms with E-state index in [1.54, 1.807) is 24.4 Å². The summed E-state index contributed by atoms with van der Waals surface area (Å²) in [5.74, 6) is 0.375. The third-order valence-electron chi connectivity index (χ3n) is 7.07. The fraction of sp³-hybridized carbons (Fsp3) is 0.458. The van der Waals surface area contributed by atoms with Gasteiger partial charge in [0.15, 0.2) is 0 Å². The number of hydrogen-bond donors (Lipinski definition) is 0. The summed E-state index contributed by atoms with van der Waals surface area (Å²) in [6.07, 6.45) is 5.64. The second-order valence-electron chi connectivity index (χ2n) is 9.54. The molecule has 2 amide bonds. The summed E-state index contributed by atoms with van der Waals surface area (Å²) in [5, 5.41) is 9.11. The van der Waals surface area contributed by atoms with Crippen molar-refractivity contribution in [2.45, 2.75) is 50.5 Å². The predicted molar refractivity (Wildman–Crippen MR) is 112 cm³/mol. The Labute approximate surface area is 176 Å². The minimum Gasteiger partial charge on any atom is -0.317 e. The molecule has 3 aliphatic rings. The van der Waals surface area contributed by atoms with Crippen molar-refractivity contribution in [3.8, 4) is 6.07 Å². The van der Waals surface area contributed by atoms with Crippen LogP contribution in [0, 0.1) is 30.0 Å². The Hall–Kier alpha value is -2.94. The van der Waals surface area contributed by atoms with Crippen LogP contribution in [0.4, 0.5) is 14.9 Å². The zero-order valence-corrected chi connectivity index (χ0v) is 17.4. The second kappa shape index (κ2) is 6.53. The van der Waals surface area contributed by atoms with Crippen molar-refractivity contribution >= 4 is 11.7 Å². The van der Waals surface area contributed by atoms with E-state index in [0.717, 1.165) is 36.2 Å². The lowest BCUT2D eigenvalue weighted by molar-refractivity contribution is 0.0162. The first-order valence-corrected chi connectivity index (χ1v) is 10.6. The Bertz CT molecular complexity index is 1070. The van der Waals surface area contributed by atoms with E-state index in [1.165, 1.54) is 18.9 Å². The van der Waals surface area contributed by atoms with Crippen LogP contribution in [-0.4, -0.2) is 34.5 Å². The minimum atomic E-state index is -0.235. The second-order valence-corrected chi connectivity index (χ2v) is 9.54. The van der Waals surface area contributed by atoms with E-state index in [1.807, 2.05) is 17.9 Å². The first kappa shape index (κ1) is 19.0. The van der Waals surface area contributed by atoms with Crippen molar-refractivity contribution in [1.29, 1.82) is 5.26 Å². The Morgan fingerprint density at radius 3 is 2.70 bits per heavy atom. The molecule has 0 bridgehead atoms. The maximum atomic E-state index is 13.8. The average molecular weight is 404 g/mol. The van der Waals surface area contributed by atoms with E-state index < -0.39 is 0 Å². The first-order chi connectivity index (χ1) is 14.3. The number of carbonyl (C=O) groups excluding carboxylic acids is 1. The molecule has 30 heavy (non-hydrogen) atoms. The van der Waals surface area contributed by atoms with E-state index in [2.05, 4.69) is 22.9 Å². The number of aryl methyl sites for hydroxylation is 1. The maximum absolute atomic E-state index is 13.8. The number of aromatic nitrogens is 1. The molecule has 0 N–H and O–H groups in total. The number of anilines is 1. The highest BCUT2D eigenvalue weighted by Gasteiger charge is 2.62. The van der Waals surface area contributed by atoms with Crippen LogP contribution in [0.2, 0.25) is 0 Å². The van der Waals surface area contributed by atoms with Crippen LogP contribution in [0.1, 0.15) is 49.4 Å². The van der Waals surface area contributed by atoms with E-state index in [0.29, 0.717) is 18.2 Å². The van der Waals surface area contributed by atoms with Gasteiger partial charge in [0.2, 0.25) is 0 Å². The van der Waals surface area contributed by atoms with Crippen molar-refractivity contribution in [2.24, 2.45) is 5.92 Å². The molecule has 1 aromatic carbocycles. The molecule has 2 aliphatic carbocycles. The Morgan fingerprint density at radius 2 is 2.07 bits per heavy atom. The highest BCUT2D eigenvalue weighted by atomic mass is 19.1. The van der Waals surface area contributed by atoms with Gasteiger partial charge in [0.05, 0.1) is 24.0 Å². The summed E-state index contributed by atoms with van der Waals surface area (Å²) >= 11 is 0. The molecular formula is C24H25FN4O. The number of amides is 2. The fourth-order valence-electron chi connectivity index (χ4n) is 5.48. The lowest BCUT2D eigenvalue weighted by Crippen LogP contribution is -2.62. The van der Waals surface area contributed by atoms with E-state index in [9.17, 15) is 9.18 Å². The Morgan fingerprint density at radius 1 is 1.30 bits per heavy atom. The van der Waals surface area contributed by atoms with Crippen LogP contribution in [-0.2, 0) is 5.41 Å². The monoisotopic (exact) mass is 404 g/mol. The van der Waals surface area contributed by atoms with Gasteiger partial charge in [-0.1, -0.05) is 19.1 Å². The topological polar surface area (TPSA) is 60.2 Å². The van der Waals surface area contributed by atoms with Crippen LogP contribution >= 0.6 is 0 Å². The van der Waals surface area contributed by atoms with E-state index in [-0.39, 0.29) is 22.8 Å². The van der Waals surface area contributed by atoms with Crippen LogP contribution in [0.25, 0.3) is 0 Å². The van der Waals surface area contributed by atoms with Gasteiger partial charge in [-0.25, -0.2) is 14.2 Å². The standard InChI is InChI=1S/C24H25FN4O/c1-16-8-20(10-26)27-11-21(16)28-15-24(29(22(28)30)12-17-6-7-17)13-23(2,14-24)18-4-3-5-19(25)9-18/h3-5,8-9,11,17H,6-7,12-15H2,1-2H3/t23-,24-. The number of rotatable bonds is 4. The maximum Gasteiger partial charge on any atom is 0.325 e. The largest absolute Gasteiger partial charge is 0.325 e. The Balaban J connectivity index is 1.46. The van der Waals surface area contributed by atoms with Crippen LogP contribution in [0.15, 0.2) is 36.5 Å². The van der Waals surface area contributed by atoms with E-state index >= 15 is 0 Å². The molecule has 1 aliphatic heterocycles. The molecule has 1 saturated heterocycles. The van der Waals surface area contributed by atoms with Gasteiger partial charge in [0.25, 0.3) is 0 Å². The summed E-state index contributed by atoms with van der Waals surface area (Å²) in [6.45, 7) is 5.48. The summed E-state index contributed by atoms with van der Waals surface area (Å²) in [4.78, 5) is 21.6. The number of carbonyl (C=O) groups is 1. The smallest absolute Gasteiger partial charge is 0.317 e. The molecule has 2 aromatic rings. The molecule has 5 rings (SSSR count). The fourth-order valence-corrected chi connectivity index (χ4v) is 5.48. The van der Waals surface area contributed by atoms with Crippen molar-refractivity contribution in [3.63, 3.8) is 0 Å². The van der Waals surface area contributed by atoms with Gasteiger partial charge in [-0.3, -0.25) is 4.90 Å². The van der Waals surface area contributed by atoms with E-state index in [4.69, 9.17) is 5.26 Å².